The second-order valence-electron chi connectivity index (χ2n) is 6.15. The van der Waals surface area contributed by atoms with Gasteiger partial charge in [-0.2, -0.15) is 0 Å². The molecule has 0 fully saturated rings. The van der Waals surface area contributed by atoms with Crippen LogP contribution in [0.4, 0.5) is 13.2 Å². The number of fused-ring (bicyclic) bond motifs is 1. The van der Waals surface area contributed by atoms with Crippen molar-refractivity contribution in [3.8, 4) is 11.5 Å². The summed E-state index contributed by atoms with van der Waals surface area (Å²) in [5, 5.41) is 0. The lowest BCUT2D eigenvalue weighted by molar-refractivity contribution is 0.254. The highest BCUT2D eigenvalue weighted by molar-refractivity contribution is 7.89. The third-order valence-corrected chi connectivity index (χ3v) is 5.51. The van der Waals surface area contributed by atoms with E-state index in [9.17, 15) is 21.6 Å². The van der Waals surface area contributed by atoms with Crippen LogP contribution in [-0.2, 0) is 23.0 Å². The first-order chi connectivity index (χ1) is 12.7. The number of sulfonamides is 1. The molecule has 0 bridgehead atoms. The van der Waals surface area contributed by atoms with Gasteiger partial charge in [-0.25, -0.2) is 26.3 Å². The lowest BCUT2D eigenvalue weighted by Crippen LogP contribution is -2.25. The molecule has 5 nitrogen and oxygen atoms in total. The summed E-state index contributed by atoms with van der Waals surface area (Å²) in [4.78, 5) is -0.967. The number of benzene rings is 2. The number of rotatable bonds is 6. The number of halogens is 3. The second-order valence-corrected chi connectivity index (χ2v) is 7.89. The van der Waals surface area contributed by atoms with Crippen LogP contribution in [0, 0.1) is 17.5 Å². The maximum atomic E-state index is 13.8. The van der Waals surface area contributed by atoms with Gasteiger partial charge in [0.1, 0.15) is 28.3 Å². The van der Waals surface area contributed by atoms with Crippen molar-refractivity contribution in [1.82, 2.24) is 4.72 Å². The highest BCUT2D eigenvalue weighted by Gasteiger charge is 2.25. The molecule has 2 aromatic carbocycles. The molecule has 0 saturated carbocycles. The highest BCUT2D eigenvalue weighted by Crippen LogP contribution is 2.35. The number of hydrogen-bond donors (Lipinski definition) is 1. The molecule has 146 valence electrons. The van der Waals surface area contributed by atoms with Crippen LogP contribution in [-0.4, -0.2) is 21.1 Å². The van der Waals surface area contributed by atoms with E-state index in [1.54, 1.807) is 19.1 Å². The number of ether oxygens (including phenoxy) is 2. The molecule has 0 aliphatic carbocycles. The van der Waals surface area contributed by atoms with Crippen molar-refractivity contribution in [3.63, 3.8) is 0 Å². The van der Waals surface area contributed by atoms with Gasteiger partial charge in [0.2, 0.25) is 10.0 Å². The van der Waals surface area contributed by atoms with Gasteiger partial charge in [0.05, 0.1) is 6.61 Å². The molecule has 1 aliphatic rings. The van der Waals surface area contributed by atoms with Crippen LogP contribution in [0.25, 0.3) is 0 Å². The number of nitrogens with one attached hydrogen (secondary N) is 1. The molecular formula is C18H18F3NO4S. The van der Waals surface area contributed by atoms with E-state index in [0.29, 0.717) is 36.2 Å². The Labute approximate surface area is 155 Å². The monoisotopic (exact) mass is 401 g/mol. The van der Waals surface area contributed by atoms with E-state index in [2.05, 4.69) is 4.72 Å². The van der Waals surface area contributed by atoms with Crippen molar-refractivity contribution in [2.24, 2.45) is 0 Å². The summed E-state index contributed by atoms with van der Waals surface area (Å²) in [6.45, 7) is 3.83. The Bertz CT molecular complexity index is 979. The van der Waals surface area contributed by atoms with E-state index < -0.39 is 32.4 Å². The first-order valence-corrected chi connectivity index (χ1v) is 9.79. The third-order valence-electron chi connectivity index (χ3n) is 4.10. The summed E-state index contributed by atoms with van der Waals surface area (Å²) < 4.78 is 78.2. The minimum absolute atomic E-state index is 0.00213. The van der Waals surface area contributed by atoms with E-state index in [-0.39, 0.29) is 18.7 Å². The molecule has 1 atom stereocenters. The predicted octanol–water partition coefficient (Wildman–Crippen LogP) is 3.30. The van der Waals surface area contributed by atoms with Crippen molar-refractivity contribution in [3.05, 3.63) is 52.8 Å². The fourth-order valence-electron chi connectivity index (χ4n) is 2.87. The molecule has 9 heteroatoms. The molecule has 3 rings (SSSR count). The van der Waals surface area contributed by atoms with Gasteiger partial charge in [-0.05, 0) is 32.0 Å². The van der Waals surface area contributed by atoms with Gasteiger partial charge < -0.3 is 9.47 Å². The molecule has 2 aromatic rings. The number of hydrogen-bond acceptors (Lipinski definition) is 4. The third kappa shape index (κ3) is 4.03. The Morgan fingerprint density at radius 1 is 1.15 bits per heavy atom. The lowest BCUT2D eigenvalue weighted by atomic mass is 10.1. The molecule has 1 aliphatic heterocycles. The molecule has 0 saturated heterocycles. The Kier molecular flexibility index (Phi) is 5.34. The summed E-state index contributed by atoms with van der Waals surface area (Å²) >= 11 is 0. The van der Waals surface area contributed by atoms with Crippen LogP contribution >= 0.6 is 0 Å². The van der Waals surface area contributed by atoms with Crippen molar-refractivity contribution in [2.75, 3.05) is 6.61 Å². The summed E-state index contributed by atoms with van der Waals surface area (Å²) in [6.07, 6.45) is 0.708. The normalized spacial score (nSPS) is 16.1. The summed E-state index contributed by atoms with van der Waals surface area (Å²) in [5.74, 6) is -3.19. The smallest absolute Gasteiger partial charge is 0.243 e. The van der Waals surface area contributed by atoms with Gasteiger partial charge in [0.15, 0.2) is 11.6 Å². The molecule has 0 spiro atoms. The maximum Gasteiger partial charge on any atom is 0.243 e. The largest absolute Gasteiger partial charge is 0.494 e. The standard InChI is InChI=1S/C18H18F3NO4S/c1-3-25-16-5-11-4-10(2)26-17(11)6-12(16)9-22-27(23,24)18-8-14(20)13(19)7-15(18)21/h5-8,10,22H,3-4,9H2,1-2H3/t10-/m1/s1. The van der Waals surface area contributed by atoms with Gasteiger partial charge in [0, 0.05) is 30.2 Å². The zero-order chi connectivity index (χ0) is 19.8. The van der Waals surface area contributed by atoms with Crippen molar-refractivity contribution < 1.29 is 31.1 Å². The van der Waals surface area contributed by atoms with E-state index in [0.717, 1.165) is 5.56 Å². The van der Waals surface area contributed by atoms with Crippen molar-refractivity contribution in [2.45, 2.75) is 37.8 Å². The fourth-order valence-corrected chi connectivity index (χ4v) is 3.95. The quantitative estimate of drug-likeness (QED) is 0.755. The van der Waals surface area contributed by atoms with E-state index in [1.165, 1.54) is 0 Å². The molecular weight excluding hydrogens is 383 g/mol. The highest BCUT2D eigenvalue weighted by atomic mass is 32.2. The SMILES string of the molecule is CCOc1cc2c(cc1CNS(=O)(=O)c1cc(F)c(F)cc1F)O[C@H](C)C2. The summed E-state index contributed by atoms with van der Waals surface area (Å²) in [7, 11) is -4.41. The zero-order valence-electron chi connectivity index (χ0n) is 14.7. The summed E-state index contributed by atoms with van der Waals surface area (Å²) in [6, 6.07) is 3.95. The van der Waals surface area contributed by atoms with Gasteiger partial charge in [-0.3, -0.25) is 0 Å². The second kappa shape index (κ2) is 7.40. The average molecular weight is 401 g/mol. The van der Waals surface area contributed by atoms with Crippen LogP contribution in [0.1, 0.15) is 25.0 Å². The van der Waals surface area contributed by atoms with Gasteiger partial charge in [-0.15, -0.1) is 0 Å². The van der Waals surface area contributed by atoms with Gasteiger partial charge >= 0.3 is 0 Å². The molecule has 1 heterocycles. The summed E-state index contributed by atoms with van der Waals surface area (Å²) in [5.41, 5.74) is 1.43. The van der Waals surface area contributed by atoms with Gasteiger partial charge in [-0.1, -0.05) is 0 Å². The van der Waals surface area contributed by atoms with Crippen molar-refractivity contribution in [1.29, 1.82) is 0 Å². The topological polar surface area (TPSA) is 64.6 Å². The van der Waals surface area contributed by atoms with E-state index in [4.69, 9.17) is 9.47 Å². The van der Waals surface area contributed by atoms with Gasteiger partial charge in [0.25, 0.3) is 0 Å². The van der Waals surface area contributed by atoms with Crippen LogP contribution in [0.3, 0.4) is 0 Å². The van der Waals surface area contributed by atoms with Crippen LogP contribution in [0.2, 0.25) is 0 Å². The van der Waals surface area contributed by atoms with Crippen LogP contribution in [0.15, 0.2) is 29.2 Å². The Morgan fingerprint density at radius 3 is 2.56 bits per heavy atom. The lowest BCUT2D eigenvalue weighted by Gasteiger charge is -2.14. The first-order valence-electron chi connectivity index (χ1n) is 8.30. The minimum Gasteiger partial charge on any atom is -0.494 e. The predicted molar refractivity (Wildman–Crippen MR) is 91.7 cm³/mol. The fraction of sp³-hybridized carbons (Fsp3) is 0.333. The average Bonchev–Trinajstić information content (AvgIpc) is 2.95. The van der Waals surface area contributed by atoms with E-state index >= 15 is 0 Å². The molecule has 0 radical (unpaired) electrons. The molecule has 1 N–H and O–H groups in total. The molecule has 0 amide bonds. The first kappa shape index (κ1) is 19.5. The zero-order valence-corrected chi connectivity index (χ0v) is 15.5. The minimum atomic E-state index is -4.41. The Hall–Kier alpha value is -2.26. The molecule has 0 aromatic heterocycles. The maximum absolute atomic E-state index is 13.8. The van der Waals surface area contributed by atoms with Crippen LogP contribution < -0.4 is 14.2 Å². The molecule has 0 unspecified atom stereocenters. The molecule has 27 heavy (non-hydrogen) atoms. The Morgan fingerprint density at radius 2 is 1.85 bits per heavy atom. The van der Waals surface area contributed by atoms with E-state index in [1.807, 2.05) is 6.92 Å². The van der Waals surface area contributed by atoms with Crippen molar-refractivity contribution >= 4 is 10.0 Å². The Balaban J connectivity index is 1.88. The van der Waals surface area contributed by atoms with Crippen LogP contribution in [0.5, 0.6) is 11.5 Å².